The van der Waals surface area contributed by atoms with E-state index in [0.29, 0.717) is 6.04 Å². The quantitative estimate of drug-likeness (QED) is 0.806. The highest BCUT2D eigenvalue weighted by Gasteiger charge is 2.21. The average molecular weight is 281 g/mol. The topological polar surface area (TPSA) is 53.2 Å². The Morgan fingerprint density at radius 1 is 1.05 bits per heavy atom. The number of amides is 2. The zero-order chi connectivity index (χ0) is 14.7. The molecule has 2 aromatic rings. The minimum absolute atomic E-state index is 0.208. The zero-order valence-electron chi connectivity index (χ0n) is 12.0. The second kappa shape index (κ2) is 5.87. The molecule has 0 heterocycles. The van der Waals surface area contributed by atoms with Crippen LogP contribution in [0.3, 0.4) is 0 Å². The van der Waals surface area contributed by atoms with E-state index < -0.39 is 0 Å². The summed E-state index contributed by atoms with van der Waals surface area (Å²) in [6, 6.07) is 16.5. The molecule has 1 atom stereocenters. The first kappa shape index (κ1) is 13.5. The lowest BCUT2D eigenvalue weighted by Gasteiger charge is -2.16. The Morgan fingerprint density at radius 2 is 1.76 bits per heavy atom. The second-order valence-corrected chi connectivity index (χ2v) is 5.22. The third kappa shape index (κ3) is 2.99. The van der Waals surface area contributed by atoms with Crippen molar-refractivity contribution in [1.29, 1.82) is 0 Å². The van der Waals surface area contributed by atoms with Gasteiger partial charge in [0.05, 0.1) is 6.04 Å². The van der Waals surface area contributed by atoms with E-state index in [1.165, 1.54) is 11.1 Å². The fourth-order valence-electron chi connectivity index (χ4n) is 2.75. The predicted octanol–water partition coefficient (Wildman–Crippen LogP) is 3.54. The highest BCUT2D eigenvalue weighted by Crippen LogP contribution is 2.33. The molecule has 4 heteroatoms. The molecule has 2 aromatic carbocycles. The van der Waals surface area contributed by atoms with Crippen LogP contribution in [-0.2, 0) is 6.42 Å². The van der Waals surface area contributed by atoms with Crippen LogP contribution in [0.15, 0.2) is 48.5 Å². The standard InChI is InChI=1S/C17H19N3O/c1-18-17(21)20-14-9-7-13(8-10-14)19-16-11-6-12-4-2-3-5-15(12)16/h2-5,7-10,16,19H,6,11H2,1H3,(H2,18,20,21). The van der Waals surface area contributed by atoms with Gasteiger partial charge in [0.15, 0.2) is 0 Å². The van der Waals surface area contributed by atoms with Gasteiger partial charge in [-0.1, -0.05) is 24.3 Å². The average Bonchev–Trinajstić information content (AvgIpc) is 2.92. The molecule has 0 saturated heterocycles. The Hall–Kier alpha value is -2.49. The second-order valence-electron chi connectivity index (χ2n) is 5.22. The van der Waals surface area contributed by atoms with E-state index in [1.807, 2.05) is 24.3 Å². The first-order valence-electron chi connectivity index (χ1n) is 7.19. The van der Waals surface area contributed by atoms with Crippen molar-refractivity contribution in [2.75, 3.05) is 17.7 Å². The fraction of sp³-hybridized carbons (Fsp3) is 0.235. The van der Waals surface area contributed by atoms with Crippen LogP contribution in [-0.4, -0.2) is 13.1 Å². The molecule has 0 saturated carbocycles. The van der Waals surface area contributed by atoms with E-state index in [0.717, 1.165) is 24.2 Å². The Kier molecular flexibility index (Phi) is 3.77. The van der Waals surface area contributed by atoms with Crippen LogP contribution in [0, 0.1) is 0 Å². The molecule has 4 nitrogen and oxygen atoms in total. The van der Waals surface area contributed by atoms with Crippen molar-refractivity contribution in [3.63, 3.8) is 0 Å². The Bertz CT molecular complexity index is 637. The van der Waals surface area contributed by atoms with Crippen LogP contribution in [0.2, 0.25) is 0 Å². The van der Waals surface area contributed by atoms with E-state index in [4.69, 9.17) is 0 Å². The fourth-order valence-corrected chi connectivity index (χ4v) is 2.75. The van der Waals surface area contributed by atoms with Crippen LogP contribution in [0.4, 0.5) is 16.2 Å². The maximum atomic E-state index is 11.2. The van der Waals surface area contributed by atoms with Crippen molar-refractivity contribution in [3.8, 4) is 0 Å². The number of benzene rings is 2. The van der Waals surface area contributed by atoms with Crippen LogP contribution >= 0.6 is 0 Å². The third-order valence-corrected chi connectivity index (χ3v) is 3.84. The molecule has 108 valence electrons. The lowest BCUT2D eigenvalue weighted by molar-refractivity contribution is 0.254. The van der Waals surface area contributed by atoms with Crippen LogP contribution in [0.5, 0.6) is 0 Å². The summed E-state index contributed by atoms with van der Waals surface area (Å²) in [5.74, 6) is 0. The van der Waals surface area contributed by atoms with Crippen molar-refractivity contribution in [2.24, 2.45) is 0 Å². The predicted molar refractivity (Wildman–Crippen MR) is 85.6 cm³/mol. The lowest BCUT2D eigenvalue weighted by Crippen LogP contribution is -2.24. The Balaban J connectivity index is 1.68. The SMILES string of the molecule is CNC(=O)Nc1ccc(NC2CCc3ccccc32)cc1. The van der Waals surface area contributed by atoms with Gasteiger partial charge in [-0.3, -0.25) is 0 Å². The van der Waals surface area contributed by atoms with Crippen LogP contribution in [0.1, 0.15) is 23.6 Å². The first-order chi connectivity index (χ1) is 10.3. The monoisotopic (exact) mass is 281 g/mol. The minimum atomic E-state index is -0.208. The molecule has 1 unspecified atom stereocenters. The number of aryl methyl sites for hydroxylation is 1. The normalized spacial score (nSPS) is 16.1. The number of hydrogen-bond donors (Lipinski definition) is 3. The summed E-state index contributed by atoms with van der Waals surface area (Å²) in [5, 5.41) is 8.85. The van der Waals surface area contributed by atoms with E-state index in [9.17, 15) is 4.79 Å². The van der Waals surface area contributed by atoms with Gasteiger partial charge in [-0.2, -0.15) is 0 Å². The number of carbonyl (C=O) groups is 1. The number of urea groups is 1. The molecule has 21 heavy (non-hydrogen) atoms. The van der Waals surface area contributed by atoms with Crippen LogP contribution in [0.25, 0.3) is 0 Å². The minimum Gasteiger partial charge on any atom is -0.378 e. The summed E-state index contributed by atoms with van der Waals surface area (Å²) in [4.78, 5) is 11.2. The molecule has 0 spiro atoms. The van der Waals surface area contributed by atoms with Crippen molar-refractivity contribution in [3.05, 3.63) is 59.7 Å². The Labute approximate surface area is 124 Å². The number of anilines is 2. The van der Waals surface area contributed by atoms with Crippen molar-refractivity contribution in [2.45, 2.75) is 18.9 Å². The van der Waals surface area contributed by atoms with Crippen molar-refractivity contribution >= 4 is 17.4 Å². The van der Waals surface area contributed by atoms with E-state index in [-0.39, 0.29) is 6.03 Å². The Morgan fingerprint density at radius 3 is 2.52 bits per heavy atom. The largest absolute Gasteiger partial charge is 0.378 e. The van der Waals surface area contributed by atoms with E-state index in [1.54, 1.807) is 7.05 Å². The molecule has 0 aliphatic heterocycles. The van der Waals surface area contributed by atoms with Crippen molar-refractivity contribution < 1.29 is 4.79 Å². The molecular weight excluding hydrogens is 262 g/mol. The lowest BCUT2D eigenvalue weighted by atomic mass is 10.1. The van der Waals surface area contributed by atoms with Gasteiger partial charge in [-0.05, 0) is 48.2 Å². The molecule has 0 radical (unpaired) electrons. The van der Waals surface area contributed by atoms with Gasteiger partial charge in [0.1, 0.15) is 0 Å². The number of rotatable bonds is 3. The molecular formula is C17H19N3O. The van der Waals surface area contributed by atoms with E-state index in [2.05, 4.69) is 40.2 Å². The molecule has 3 N–H and O–H groups in total. The smallest absolute Gasteiger partial charge is 0.318 e. The number of fused-ring (bicyclic) bond motifs is 1. The van der Waals surface area contributed by atoms with Gasteiger partial charge in [-0.25, -0.2) is 4.79 Å². The summed E-state index contributed by atoms with van der Waals surface area (Å²) in [7, 11) is 1.60. The maximum absolute atomic E-state index is 11.2. The van der Waals surface area contributed by atoms with E-state index >= 15 is 0 Å². The molecule has 0 aromatic heterocycles. The molecule has 0 fully saturated rings. The first-order valence-corrected chi connectivity index (χ1v) is 7.19. The maximum Gasteiger partial charge on any atom is 0.318 e. The highest BCUT2D eigenvalue weighted by atomic mass is 16.2. The number of carbonyl (C=O) groups excluding carboxylic acids is 1. The summed E-state index contributed by atoms with van der Waals surface area (Å²) in [6.45, 7) is 0. The molecule has 3 rings (SSSR count). The molecule has 2 amide bonds. The molecule has 0 bridgehead atoms. The van der Waals surface area contributed by atoms with Gasteiger partial charge < -0.3 is 16.0 Å². The van der Waals surface area contributed by atoms with Gasteiger partial charge in [0, 0.05) is 18.4 Å². The van der Waals surface area contributed by atoms with Crippen molar-refractivity contribution in [1.82, 2.24) is 5.32 Å². The number of hydrogen-bond acceptors (Lipinski definition) is 2. The van der Waals surface area contributed by atoms with Gasteiger partial charge in [0.25, 0.3) is 0 Å². The summed E-state index contributed by atoms with van der Waals surface area (Å²) in [6.07, 6.45) is 2.25. The zero-order valence-corrected chi connectivity index (χ0v) is 12.0. The van der Waals surface area contributed by atoms with Crippen LogP contribution < -0.4 is 16.0 Å². The summed E-state index contributed by atoms with van der Waals surface area (Å²) in [5.41, 5.74) is 4.68. The van der Waals surface area contributed by atoms with Gasteiger partial charge in [0.2, 0.25) is 0 Å². The summed E-state index contributed by atoms with van der Waals surface area (Å²) >= 11 is 0. The highest BCUT2D eigenvalue weighted by molar-refractivity contribution is 5.89. The number of nitrogens with one attached hydrogen (secondary N) is 3. The third-order valence-electron chi connectivity index (χ3n) is 3.84. The molecule has 1 aliphatic rings. The summed E-state index contributed by atoms with van der Waals surface area (Å²) < 4.78 is 0. The molecule has 1 aliphatic carbocycles. The van der Waals surface area contributed by atoms with Gasteiger partial charge in [-0.15, -0.1) is 0 Å². The van der Waals surface area contributed by atoms with Gasteiger partial charge >= 0.3 is 6.03 Å².